The van der Waals surface area contributed by atoms with Crippen molar-refractivity contribution in [1.29, 1.82) is 0 Å². The summed E-state index contributed by atoms with van der Waals surface area (Å²) in [6.07, 6.45) is 1.97. The van der Waals surface area contributed by atoms with Crippen LogP contribution in [0.5, 0.6) is 0 Å². The van der Waals surface area contributed by atoms with Crippen molar-refractivity contribution >= 4 is 33.4 Å². The zero-order valence-corrected chi connectivity index (χ0v) is 13.7. The molecule has 118 valence electrons. The van der Waals surface area contributed by atoms with Crippen LogP contribution in [0.25, 0.3) is 0 Å². The van der Waals surface area contributed by atoms with Crippen LogP contribution >= 0.6 is 15.9 Å². The number of carbonyl (C=O) groups excluding carboxylic acids is 2. The number of nitrogens with one attached hydrogen (secondary N) is 2. The highest BCUT2D eigenvalue weighted by molar-refractivity contribution is 9.10. The van der Waals surface area contributed by atoms with Crippen molar-refractivity contribution in [3.63, 3.8) is 0 Å². The van der Waals surface area contributed by atoms with Crippen molar-refractivity contribution in [3.05, 3.63) is 63.9 Å². The molecule has 0 unspecified atom stereocenters. The minimum Gasteiger partial charge on any atom is -0.349 e. The minimum atomic E-state index is -0.502. The second-order valence-corrected chi connectivity index (χ2v) is 6.23. The summed E-state index contributed by atoms with van der Waals surface area (Å²) in [7, 11) is 0. The molecule has 2 aromatic carbocycles. The predicted octanol–water partition coefficient (Wildman–Crippen LogP) is 3.73. The average molecular weight is 377 g/mol. The monoisotopic (exact) mass is 376 g/mol. The summed E-state index contributed by atoms with van der Waals surface area (Å²) in [5, 5.41) is 5.56. The van der Waals surface area contributed by atoms with E-state index in [0.717, 1.165) is 18.9 Å². The summed E-state index contributed by atoms with van der Waals surface area (Å²) in [4.78, 5) is 24.6. The van der Waals surface area contributed by atoms with E-state index < -0.39 is 11.7 Å². The lowest BCUT2D eigenvalue weighted by Crippen LogP contribution is -2.27. The van der Waals surface area contributed by atoms with E-state index in [-0.39, 0.29) is 17.5 Å². The number of hydrogen-bond acceptors (Lipinski definition) is 2. The number of benzene rings is 2. The third kappa shape index (κ3) is 3.76. The Kier molecular flexibility index (Phi) is 4.43. The summed E-state index contributed by atoms with van der Waals surface area (Å²) >= 11 is 3.23. The molecular formula is C17H14BrFN2O2. The number of amides is 2. The number of rotatable bonds is 4. The highest BCUT2D eigenvalue weighted by atomic mass is 79.9. The van der Waals surface area contributed by atoms with Crippen molar-refractivity contribution in [3.8, 4) is 0 Å². The number of halogens is 2. The maximum Gasteiger partial charge on any atom is 0.256 e. The third-order valence-corrected chi connectivity index (χ3v) is 4.20. The molecule has 23 heavy (non-hydrogen) atoms. The van der Waals surface area contributed by atoms with E-state index in [2.05, 4.69) is 26.6 Å². The summed E-state index contributed by atoms with van der Waals surface area (Å²) in [6, 6.07) is 10.9. The third-order valence-electron chi connectivity index (χ3n) is 3.51. The van der Waals surface area contributed by atoms with Crippen molar-refractivity contribution in [2.24, 2.45) is 0 Å². The summed E-state index contributed by atoms with van der Waals surface area (Å²) in [6.45, 7) is 0. The molecule has 0 aromatic heterocycles. The van der Waals surface area contributed by atoms with Gasteiger partial charge in [-0.3, -0.25) is 9.59 Å². The quantitative estimate of drug-likeness (QED) is 0.853. The molecule has 6 heteroatoms. The van der Waals surface area contributed by atoms with Crippen molar-refractivity contribution < 1.29 is 14.0 Å². The van der Waals surface area contributed by atoms with E-state index in [1.807, 2.05) is 0 Å². The number of hydrogen-bond donors (Lipinski definition) is 2. The van der Waals surface area contributed by atoms with Crippen LogP contribution in [-0.4, -0.2) is 17.9 Å². The Hall–Kier alpha value is -2.21. The van der Waals surface area contributed by atoms with E-state index in [1.54, 1.807) is 24.3 Å². The predicted molar refractivity (Wildman–Crippen MR) is 89.0 cm³/mol. The molecule has 0 saturated heterocycles. The fourth-order valence-corrected chi connectivity index (χ4v) is 2.57. The smallest absolute Gasteiger partial charge is 0.256 e. The van der Waals surface area contributed by atoms with Crippen molar-refractivity contribution in [2.45, 2.75) is 18.9 Å². The molecule has 1 fully saturated rings. The minimum absolute atomic E-state index is 0.169. The Bertz CT molecular complexity index is 775. The molecule has 0 radical (unpaired) electrons. The van der Waals surface area contributed by atoms with Gasteiger partial charge in [0.1, 0.15) is 5.82 Å². The van der Waals surface area contributed by atoms with Gasteiger partial charge in [0.2, 0.25) is 0 Å². The largest absolute Gasteiger partial charge is 0.349 e. The Morgan fingerprint density at radius 1 is 1.04 bits per heavy atom. The van der Waals surface area contributed by atoms with Crippen LogP contribution in [0.15, 0.2) is 46.9 Å². The van der Waals surface area contributed by atoms with Gasteiger partial charge in [-0.1, -0.05) is 12.1 Å². The molecule has 2 amide bonds. The van der Waals surface area contributed by atoms with Crippen LogP contribution in [-0.2, 0) is 0 Å². The zero-order chi connectivity index (χ0) is 16.4. The molecule has 0 spiro atoms. The molecule has 2 aromatic rings. The van der Waals surface area contributed by atoms with Gasteiger partial charge in [-0.25, -0.2) is 4.39 Å². The van der Waals surface area contributed by atoms with E-state index >= 15 is 0 Å². The number of para-hydroxylation sites is 1. The number of anilines is 1. The lowest BCUT2D eigenvalue weighted by Gasteiger charge is -2.12. The van der Waals surface area contributed by atoms with E-state index in [1.165, 1.54) is 12.1 Å². The molecule has 0 bridgehead atoms. The van der Waals surface area contributed by atoms with Gasteiger partial charge in [0, 0.05) is 10.5 Å². The van der Waals surface area contributed by atoms with Crippen LogP contribution in [0, 0.1) is 5.82 Å². The van der Waals surface area contributed by atoms with Gasteiger partial charge in [0.25, 0.3) is 11.8 Å². The van der Waals surface area contributed by atoms with Crippen molar-refractivity contribution in [2.75, 3.05) is 5.32 Å². The number of carbonyl (C=O) groups is 2. The molecule has 0 atom stereocenters. The first-order chi connectivity index (χ1) is 11.0. The van der Waals surface area contributed by atoms with Crippen LogP contribution in [0.2, 0.25) is 0 Å². The lowest BCUT2D eigenvalue weighted by molar-refractivity contribution is 0.0952. The standard InChI is InChI=1S/C17H14BrFN2O2/c18-14-8-5-10(19)9-13(14)17(23)21-15-4-2-1-3-12(15)16(22)20-11-6-7-11/h1-5,8-9,11H,6-7H2,(H,20,22)(H,21,23). The van der Waals surface area contributed by atoms with Gasteiger partial charge in [-0.05, 0) is 59.1 Å². The molecule has 3 rings (SSSR count). The van der Waals surface area contributed by atoms with Gasteiger partial charge in [-0.15, -0.1) is 0 Å². The first-order valence-electron chi connectivity index (χ1n) is 7.21. The van der Waals surface area contributed by atoms with Crippen LogP contribution < -0.4 is 10.6 Å². The zero-order valence-electron chi connectivity index (χ0n) is 12.1. The maximum absolute atomic E-state index is 13.3. The summed E-state index contributed by atoms with van der Waals surface area (Å²) in [5.41, 5.74) is 0.953. The van der Waals surface area contributed by atoms with Gasteiger partial charge in [0.15, 0.2) is 0 Å². The molecule has 2 N–H and O–H groups in total. The molecule has 4 nitrogen and oxygen atoms in total. The Morgan fingerprint density at radius 2 is 1.78 bits per heavy atom. The molecular weight excluding hydrogens is 363 g/mol. The van der Waals surface area contributed by atoms with E-state index in [0.29, 0.717) is 15.7 Å². The fourth-order valence-electron chi connectivity index (χ4n) is 2.14. The lowest BCUT2D eigenvalue weighted by atomic mass is 10.1. The first-order valence-corrected chi connectivity index (χ1v) is 8.00. The molecule has 0 aliphatic heterocycles. The summed E-state index contributed by atoms with van der Waals surface area (Å²) in [5.74, 6) is -1.21. The fraction of sp³-hybridized carbons (Fsp3) is 0.176. The second-order valence-electron chi connectivity index (χ2n) is 5.37. The highest BCUT2D eigenvalue weighted by Gasteiger charge is 2.25. The van der Waals surface area contributed by atoms with Gasteiger partial charge in [-0.2, -0.15) is 0 Å². The maximum atomic E-state index is 13.3. The van der Waals surface area contributed by atoms with Crippen molar-refractivity contribution in [1.82, 2.24) is 5.32 Å². The van der Waals surface area contributed by atoms with Crippen LogP contribution in [0.3, 0.4) is 0 Å². The SMILES string of the molecule is O=C(Nc1ccccc1C(=O)NC1CC1)c1cc(F)ccc1Br. The topological polar surface area (TPSA) is 58.2 Å². The molecule has 1 aliphatic carbocycles. The van der Waals surface area contributed by atoms with Gasteiger partial charge < -0.3 is 10.6 Å². The molecule has 0 heterocycles. The Balaban J connectivity index is 1.83. The van der Waals surface area contributed by atoms with E-state index in [4.69, 9.17) is 0 Å². The molecule has 1 aliphatic rings. The van der Waals surface area contributed by atoms with Crippen LogP contribution in [0.1, 0.15) is 33.6 Å². The Labute approximate surface area is 141 Å². The summed E-state index contributed by atoms with van der Waals surface area (Å²) < 4.78 is 13.8. The average Bonchev–Trinajstić information content (AvgIpc) is 3.34. The normalized spacial score (nSPS) is 13.5. The highest BCUT2D eigenvalue weighted by Crippen LogP contribution is 2.23. The van der Waals surface area contributed by atoms with Gasteiger partial charge in [0.05, 0.1) is 16.8 Å². The van der Waals surface area contributed by atoms with E-state index in [9.17, 15) is 14.0 Å². The second kappa shape index (κ2) is 6.50. The van der Waals surface area contributed by atoms with Crippen LogP contribution in [0.4, 0.5) is 10.1 Å². The molecule has 1 saturated carbocycles. The first kappa shape index (κ1) is 15.7. The van der Waals surface area contributed by atoms with Gasteiger partial charge >= 0.3 is 0 Å². The Morgan fingerprint density at radius 3 is 2.52 bits per heavy atom.